The van der Waals surface area contributed by atoms with Crippen molar-refractivity contribution in [1.29, 1.82) is 0 Å². The Balaban J connectivity index is 2.37. The monoisotopic (exact) mass is 366 g/mol. The highest BCUT2D eigenvalue weighted by Crippen LogP contribution is 2.37. The number of nitrogens with zero attached hydrogens (tertiary/aromatic N) is 2. The Labute approximate surface area is 151 Å². The molecule has 0 radical (unpaired) electrons. The van der Waals surface area contributed by atoms with Crippen molar-refractivity contribution in [3.8, 4) is 0 Å². The molecule has 0 saturated carbocycles. The van der Waals surface area contributed by atoms with E-state index in [-0.39, 0.29) is 0 Å². The highest BCUT2D eigenvalue weighted by Gasteiger charge is 2.38. The third-order valence-electron chi connectivity index (χ3n) is 4.14. The van der Waals surface area contributed by atoms with Gasteiger partial charge in [-0.15, -0.1) is 0 Å². The number of nitrogens with one attached hydrogen (secondary N) is 2. The zero-order valence-corrected chi connectivity index (χ0v) is 15.1. The molecule has 136 valence electrons. The third kappa shape index (κ3) is 4.28. The van der Waals surface area contributed by atoms with Crippen LogP contribution < -0.4 is 22.1 Å². The molecule has 1 aliphatic carbocycles. The molecule has 9 heteroatoms. The number of allylic oxidation sites excluding steroid dienone is 2. The number of ether oxygens (including phenoxy) is 1. The lowest BCUT2D eigenvalue weighted by Crippen LogP contribution is -2.41. The quantitative estimate of drug-likeness (QED) is 0.547. The second-order valence-corrected chi connectivity index (χ2v) is 6.08. The SMILES string of the molecule is CNc1nc(NC2=CC=C(C(N)=O)CC2(CCCN)OC)ncc1Cl. The van der Waals surface area contributed by atoms with Gasteiger partial charge in [-0.05, 0) is 25.5 Å². The summed E-state index contributed by atoms with van der Waals surface area (Å²) in [5.74, 6) is 0.406. The average molecular weight is 367 g/mol. The van der Waals surface area contributed by atoms with Crippen LogP contribution >= 0.6 is 11.6 Å². The number of methoxy groups -OCH3 is 1. The van der Waals surface area contributed by atoms with Crippen molar-refractivity contribution in [2.24, 2.45) is 11.5 Å². The van der Waals surface area contributed by atoms with E-state index in [0.717, 1.165) is 12.1 Å². The molecular formula is C16H23ClN6O2. The highest BCUT2D eigenvalue weighted by atomic mass is 35.5. The second kappa shape index (κ2) is 8.28. The number of primary amides is 1. The summed E-state index contributed by atoms with van der Waals surface area (Å²) < 4.78 is 5.79. The van der Waals surface area contributed by atoms with Gasteiger partial charge in [-0.2, -0.15) is 4.98 Å². The first-order chi connectivity index (χ1) is 12.0. The molecule has 0 aromatic carbocycles. The van der Waals surface area contributed by atoms with E-state index >= 15 is 0 Å². The van der Waals surface area contributed by atoms with Gasteiger partial charge in [0.05, 0.1) is 11.9 Å². The van der Waals surface area contributed by atoms with Crippen molar-refractivity contribution < 1.29 is 9.53 Å². The van der Waals surface area contributed by atoms with E-state index in [1.807, 2.05) is 0 Å². The molecule has 1 aromatic heterocycles. The van der Waals surface area contributed by atoms with E-state index in [9.17, 15) is 4.79 Å². The van der Waals surface area contributed by atoms with Crippen LogP contribution in [0.5, 0.6) is 0 Å². The van der Waals surface area contributed by atoms with Crippen LogP contribution in [0.25, 0.3) is 0 Å². The Kier molecular flexibility index (Phi) is 6.35. The average Bonchev–Trinajstić information content (AvgIpc) is 2.62. The normalized spacial score (nSPS) is 19.8. The van der Waals surface area contributed by atoms with Gasteiger partial charge < -0.3 is 26.8 Å². The number of rotatable bonds is 8. The van der Waals surface area contributed by atoms with Gasteiger partial charge in [0.1, 0.15) is 16.4 Å². The fourth-order valence-electron chi connectivity index (χ4n) is 2.74. The highest BCUT2D eigenvalue weighted by molar-refractivity contribution is 6.32. The molecule has 1 atom stereocenters. The van der Waals surface area contributed by atoms with Crippen molar-refractivity contribution in [2.75, 3.05) is 31.3 Å². The molecule has 6 N–H and O–H groups in total. The van der Waals surface area contributed by atoms with Gasteiger partial charge in [0, 0.05) is 26.2 Å². The maximum absolute atomic E-state index is 11.6. The minimum atomic E-state index is -0.749. The predicted octanol–water partition coefficient (Wildman–Crippen LogP) is 1.41. The lowest BCUT2D eigenvalue weighted by Gasteiger charge is -2.37. The van der Waals surface area contributed by atoms with Crippen LogP contribution in [0.3, 0.4) is 0 Å². The molecule has 25 heavy (non-hydrogen) atoms. The number of nitrogens with two attached hydrogens (primary N) is 2. The Morgan fingerprint density at radius 1 is 1.48 bits per heavy atom. The van der Waals surface area contributed by atoms with Gasteiger partial charge >= 0.3 is 0 Å². The summed E-state index contributed by atoms with van der Waals surface area (Å²) in [6.07, 6.45) is 6.65. The van der Waals surface area contributed by atoms with Crippen LogP contribution in [0.2, 0.25) is 5.02 Å². The minimum Gasteiger partial charge on any atom is -0.372 e. The summed E-state index contributed by atoms with van der Waals surface area (Å²) in [6, 6.07) is 0. The Morgan fingerprint density at radius 2 is 2.24 bits per heavy atom. The number of aromatic nitrogens is 2. The van der Waals surface area contributed by atoms with E-state index in [2.05, 4.69) is 20.6 Å². The number of anilines is 2. The summed E-state index contributed by atoms with van der Waals surface area (Å²) >= 11 is 6.02. The minimum absolute atomic E-state index is 0.351. The molecule has 1 unspecified atom stereocenters. The zero-order valence-electron chi connectivity index (χ0n) is 14.3. The van der Waals surface area contributed by atoms with Crippen LogP contribution in [0.15, 0.2) is 29.6 Å². The molecule has 0 bridgehead atoms. The van der Waals surface area contributed by atoms with E-state index in [0.29, 0.717) is 41.7 Å². The first-order valence-electron chi connectivity index (χ1n) is 7.89. The van der Waals surface area contributed by atoms with Crippen LogP contribution in [0.1, 0.15) is 19.3 Å². The summed E-state index contributed by atoms with van der Waals surface area (Å²) in [7, 11) is 3.32. The summed E-state index contributed by atoms with van der Waals surface area (Å²) in [5.41, 5.74) is 11.6. The van der Waals surface area contributed by atoms with Gasteiger partial charge in [0.2, 0.25) is 11.9 Å². The fourth-order valence-corrected chi connectivity index (χ4v) is 2.93. The molecule has 1 heterocycles. The molecule has 0 saturated heterocycles. The van der Waals surface area contributed by atoms with E-state index in [1.54, 1.807) is 26.3 Å². The number of halogens is 1. The first kappa shape index (κ1) is 19.2. The van der Waals surface area contributed by atoms with Crippen molar-refractivity contribution >= 4 is 29.3 Å². The van der Waals surface area contributed by atoms with Gasteiger partial charge in [-0.3, -0.25) is 4.79 Å². The maximum atomic E-state index is 11.6. The van der Waals surface area contributed by atoms with Crippen LogP contribution in [0, 0.1) is 0 Å². The van der Waals surface area contributed by atoms with Crippen molar-refractivity contribution in [3.63, 3.8) is 0 Å². The van der Waals surface area contributed by atoms with Gasteiger partial charge in [-0.1, -0.05) is 17.7 Å². The zero-order chi connectivity index (χ0) is 18.4. The van der Waals surface area contributed by atoms with Crippen LogP contribution in [-0.2, 0) is 9.53 Å². The molecule has 8 nitrogen and oxygen atoms in total. The third-order valence-corrected chi connectivity index (χ3v) is 4.41. The van der Waals surface area contributed by atoms with Crippen LogP contribution in [-0.4, -0.2) is 42.2 Å². The number of carbonyl (C=O) groups is 1. The van der Waals surface area contributed by atoms with E-state index < -0.39 is 11.5 Å². The lowest BCUT2D eigenvalue weighted by molar-refractivity contribution is -0.115. The Bertz CT molecular complexity index is 706. The molecule has 0 spiro atoms. The summed E-state index contributed by atoms with van der Waals surface area (Å²) in [6.45, 7) is 0.509. The number of amides is 1. The smallest absolute Gasteiger partial charge is 0.244 e. The van der Waals surface area contributed by atoms with E-state index in [4.69, 9.17) is 27.8 Å². The van der Waals surface area contributed by atoms with Gasteiger partial charge in [0.15, 0.2) is 0 Å². The van der Waals surface area contributed by atoms with Gasteiger partial charge in [0.25, 0.3) is 0 Å². The second-order valence-electron chi connectivity index (χ2n) is 5.67. The number of hydrogen-bond acceptors (Lipinski definition) is 7. The molecule has 0 fully saturated rings. The molecule has 1 aromatic rings. The lowest BCUT2D eigenvalue weighted by atomic mass is 9.82. The number of hydrogen-bond donors (Lipinski definition) is 4. The summed E-state index contributed by atoms with van der Waals surface area (Å²) in [5, 5.41) is 6.49. The largest absolute Gasteiger partial charge is 0.372 e. The molecule has 2 rings (SSSR count). The van der Waals surface area contributed by atoms with Crippen LogP contribution in [0.4, 0.5) is 11.8 Å². The van der Waals surface area contributed by atoms with Crippen molar-refractivity contribution in [3.05, 3.63) is 34.6 Å². The summed E-state index contributed by atoms with van der Waals surface area (Å²) in [4.78, 5) is 20.1. The fraction of sp³-hybridized carbons (Fsp3) is 0.438. The molecular weight excluding hydrogens is 344 g/mol. The van der Waals surface area contributed by atoms with Crippen molar-refractivity contribution in [1.82, 2.24) is 9.97 Å². The van der Waals surface area contributed by atoms with E-state index in [1.165, 1.54) is 6.20 Å². The standard InChI is InChI=1S/C16H23ClN6O2/c1-20-14-11(17)9-21-15(23-14)22-12-5-4-10(13(19)24)8-16(12,25-2)6-3-7-18/h4-5,9H,3,6-8,18H2,1-2H3,(H2,19,24)(H2,20,21,22,23). The van der Waals surface area contributed by atoms with Crippen molar-refractivity contribution in [2.45, 2.75) is 24.9 Å². The Morgan fingerprint density at radius 3 is 2.84 bits per heavy atom. The first-order valence-corrected chi connectivity index (χ1v) is 8.27. The molecule has 0 aliphatic heterocycles. The molecule has 1 aliphatic rings. The Hall–Kier alpha value is -2.16. The predicted molar refractivity (Wildman–Crippen MR) is 98.2 cm³/mol. The maximum Gasteiger partial charge on any atom is 0.244 e. The number of carbonyl (C=O) groups excluding carboxylic acids is 1. The van der Waals surface area contributed by atoms with Gasteiger partial charge in [-0.25, -0.2) is 4.98 Å². The topological polar surface area (TPSA) is 128 Å². The molecule has 1 amide bonds.